The number of rotatable bonds is 7. The Bertz CT molecular complexity index is 671. The van der Waals surface area contributed by atoms with Crippen molar-refractivity contribution in [2.24, 2.45) is 11.7 Å². The van der Waals surface area contributed by atoms with Crippen molar-refractivity contribution in [1.82, 2.24) is 10.2 Å². The fourth-order valence-electron chi connectivity index (χ4n) is 3.19. The molecule has 0 spiro atoms. The van der Waals surface area contributed by atoms with Crippen molar-refractivity contribution >= 4 is 23.5 Å². The van der Waals surface area contributed by atoms with Gasteiger partial charge in [0, 0.05) is 30.9 Å². The number of nitrogens with zero attached hydrogens (tertiary/aromatic N) is 1. The van der Waals surface area contributed by atoms with E-state index in [1.165, 1.54) is 0 Å². The lowest BCUT2D eigenvalue weighted by molar-refractivity contribution is -0.118. The van der Waals surface area contributed by atoms with Crippen molar-refractivity contribution in [3.63, 3.8) is 0 Å². The summed E-state index contributed by atoms with van der Waals surface area (Å²) in [5, 5.41) is 14.4. The molecule has 8 nitrogen and oxygen atoms in total. The van der Waals surface area contributed by atoms with Crippen molar-refractivity contribution in [3.8, 4) is 0 Å². The highest BCUT2D eigenvalue weighted by Crippen LogP contribution is 2.20. The first kappa shape index (κ1) is 20.7. The Morgan fingerprint density at radius 1 is 1.30 bits per heavy atom. The molecule has 0 bridgehead atoms. The van der Waals surface area contributed by atoms with Crippen LogP contribution < -0.4 is 16.4 Å². The van der Waals surface area contributed by atoms with Gasteiger partial charge in [-0.1, -0.05) is 19.4 Å². The van der Waals surface area contributed by atoms with E-state index >= 15 is 0 Å². The van der Waals surface area contributed by atoms with Crippen LogP contribution in [0.4, 0.5) is 10.5 Å². The standard InChI is InChI=1S/C19H28N4O4/c1-2-4-16(22-19(20)27)17(25)21-15-6-3-5-14(11-15)18(26)23-9-7-13(12-24)8-10-23/h3,5-6,11,13,16,24H,2,4,7-10,12H2,1H3,(H,21,25)(H3,20,22,27). The number of anilines is 1. The van der Waals surface area contributed by atoms with Crippen LogP contribution in [-0.4, -0.2) is 53.6 Å². The minimum absolute atomic E-state index is 0.0946. The Morgan fingerprint density at radius 2 is 2.00 bits per heavy atom. The topological polar surface area (TPSA) is 125 Å². The van der Waals surface area contributed by atoms with E-state index in [2.05, 4.69) is 10.6 Å². The van der Waals surface area contributed by atoms with E-state index in [1.54, 1.807) is 29.2 Å². The third-order valence-electron chi connectivity index (χ3n) is 4.75. The number of piperidine rings is 1. The molecule has 8 heteroatoms. The van der Waals surface area contributed by atoms with E-state index in [-0.39, 0.29) is 24.3 Å². The Morgan fingerprint density at radius 3 is 2.59 bits per heavy atom. The summed E-state index contributed by atoms with van der Waals surface area (Å²) in [6.07, 6.45) is 2.75. The number of carbonyl (C=O) groups is 3. The molecule has 0 radical (unpaired) electrons. The van der Waals surface area contributed by atoms with Gasteiger partial charge in [-0.2, -0.15) is 0 Å². The lowest BCUT2D eigenvalue weighted by atomic mass is 9.97. The van der Waals surface area contributed by atoms with Crippen LogP contribution in [0.25, 0.3) is 0 Å². The number of hydrogen-bond donors (Lipinski definition) is 4. The highest BCUT2D eigenvalue weighted by atomic mass is 16.3. The van der Waals surface area contributed by atoms with E-state index < -0.39 is 12.1 Å². The number of benzene rings is 1. The predicted molar refractivity (Wildman–Crippen MR) is 102 cm³/mol. The summed E-state index contributed by atoms with van der Waals surface area (Å²) in [7, 11) is 0. The molecule has 1 saturated heterocycles. The smallest absolute Gasteiger partial charge is 0.312 e. The Hall–Kier alpha value is -2.61. The zero-order chi connectivity index (χ0) is 19.8. The molecule has 2 rings (SSSR count). The number of hydrogen-bond acceptors (Lipinski definition) is 4. The molecule has 4 amide bonds. The summed E-state index contributed by atoms with van der Waals surface area (Å²) in [5.41, 5.74) is 6.11. The molecular formula is C19H28N4O4. The van der Waals surface area contributed by atoms with Crippen LogP contribution in [0.1, 0.15) is 43.0 Å². The molecule has 0 saturated carbocycles. The molecule has 1 aliphatic rings. The number of likely N-dealkylation sites (tertiary alicyclic amines) is 1. The molecule has 5 N–H and O–H groups in total. The van der Waals surface area contributed by atoms with Crippen molar-refractivity contribution < 1.29 is 19.5 Å². The normalized spacial score (nSPS) is 15.9. The molecule has 27 heavy (non-hydrogen) atoms. The number of aliphatic hydroxyl groups is 1. The van der Waals surface area contributed by atoms with Crippen LogP contribution in [0, 0.1) is 5.92 Å². The van der Waals surface area contributed by atoms with Gasteiger partial charge in [0.25, 0.3) is 5.91 Å². The second-order valence-corrected chi connectivity index (χ2v) is 6.84. The molecule has 1 aliphatic heterocycles. The van der Waals surface area contributed by atoms with Crippen LogP contribution >= 0.6 is 0 Å². The average molecular weight is 376 g/mol. The zero-order valence-electron chi connectivity index (χ0n) is 15.6. The predicted octanol–water partition coefficient (Wildman–Crippen LogP) is 1.31. The van der Waals surface area contributed by atoms with Gasteiger partial charge in [-0.25, -0.2) is 4.79 Å². The van der Waals surface area contributed by atoms with Crippen molar-refractivity contribution in [2.75, 3.05) is 25.0 Å². The Labute approximate surface area is 159 Å². The maximum absolute atomic E-state index is 12.7. The summed E-state index contributed by atoms with van der Waals surface area (Å²) in [6.45, 7) is 3.29. The fourth-order valence-corrected chi connectivity index (χ4v) is 3.19. The summed E-state index contributed by atoms with van der Waals surface area (Å²) >= 11 is 0. The quantitative estimate of drug-likeness (QED) is 0.572. The summed E-state index contributed by atoms with van der Waals surface area (Å²) in [6, 6.07) is 5.27. The minimum Gasteiger partial charge on any atom is -0.396 e. The van der Waals surface area contributed by atoms with Crippen LogP contribution in [0.3, 0.4) is 0 Å². The number of aliphatic hydroxyl groups excluding tert-OH is 1. The molecule has 0 aliphatic carbocycles. The lowest BCUT2D eigenvalue weighted by Gasteiger charge is -2.31. The molecule has 1 atom stereocenters. The first-order chi connectivity index (χ1) is 12.9. The van der Waals surface area contributed by atoms with Gasteiger partial charge in [0.1, 0.15) is 6.04 Å². The maximum Gasteiger partial charge on any atom is 0.312 e. The van der Waals surface area contributed by atoms with Crippen LogP contribution in [0.15, 0.2) is 24.3 Å². The first-order valence-electron chi connectivity index (χ1n) is 9.31. The number of primary amides is 1. The number of nitrogens with one attached hydrogen (secondary N) is 2. The van der Waals surface area contributed by atoms with Gasteiger partial charge in [0.15, 0.2) is 0 Å². The molecule has 1 aromatic carbocycles. The molecule has 1 heterocycles. The van der Waals surface area contributed by atoms with E-state index in [9.17, 15) is 19.5 Å². The van der Waals surface area contributed by atoms with Gasteiger partial charge in [-0.05, 0) is 43.4 Å². The van der Waals surface area contributed by atoms with E-state index in [0.29, 0.717) is 37.2 Å². The highest BCUT2D eigenvalue weighted by Gasteiger charge is 2.24. The molecule has 1 aromatic rings. The first-order valence-corrected chi connectivity index (χ1v) is 9.31. The largest absolute Gasteiger partial charge is 0.396 e. The number of urea groups is 1. The van der Waals surface area contributed by atoms with E-state index in [1.807, 2.05) is 6.92 Å². The highest BCUT2D eigenvalue weighted by molar-refractivity contribution is 5.99. The summed E-state index contributed by atoms with van der Waals surface area (Å²) in [5.74, 6) is -0.209. The van der Waals surface area contributed by atoms with Gasteiger partial charge in [-0.3, -0.25) is 9.59 Å². The van der Waals surface area contributed by atoms with Crippen LogP contribution in [-0.2, 0) is 4.79 Å². The summed E-state index contributed by atoms with van der Waals surface area (Å²) < 4.78 is 0. The Balaban J connectivity index is 2.02. The number of nitrogens with two attached hydrogens (primary N) is 1. The van der Waals surface area contributed by atoms with Crippen molar-refractivity contribution in [3.05, 3.63) is 29.8 Å². The minimum atomic E-state index is -0.751. The molecular weight excluding hydrogens is 348 g/mol. The Kier molecular flexibility index (Phi) is 7.60. The molecule has 148 valence electrons. The fraction of sp³-hybridized carbons (Fsp3) is 0.526. The SMILES string of the molecule is CCCC(NC(N)=O)C(=O)Nc1cccc(C(=O)N2CCC(CO)CC2)c1. The zero-order valence-corrected chi connectivity index (χ0v) is 15.6. The maximum atomic E-state index is 12.7. The number of carbonyl (C=O) groups excluding carboxylic acids is 3. The van der Waals surface area contributed by atoms with Gasteiger partial charge in [-0.15, -0.1) is 0 Å². The molecule has 1 unspecified atom stereocenters. The average Bonchev–Trinajstić information content (AvgIpc) is 2.67. The molecule has 0 aromatic heterocycles. The van der Waals surface area contributed by atoms with Gasteiger partial charge >= 0.3 is 6.03 Å². The lowest BCUT2D eigenvalue weighted by Crippen LogP contribution is -2.46. The van der Waals surface area contributed by atoms with Gasteiger partial charge in [0.2, 0.25) is 5.91 Å². The molecule has 1 fully saturated rings. The summed E-state index contributed by atoms with van der Waals surface area (Å²) in [4.78, 5) is 37.9. The second-order valence-electron chi connectivity index (χ2n) is 6.84. The van der Waals surface area contributed by atoms with E-state index in [0.717, 1.165) is 12.8 Å². The third-order valence-corrected chi connectivity index (χ3v) is 4.75. The van der Waals surface area contributed by atoms with Crippen molar-refractivity contribution in [1.29, 1.82) is 0 Å². The van der Waals surface area contributed by atoms with Gasteiger partial charge in [0.05, 0.1) is 0 Å². The second kappa shape index (κ2) is 9.91. The van der Waals surface area contributed by atoms with Crippen LogP contribution in [0.2, 0.25) is 0 Å². The van der Waals surface area contributed by atoms with E-state index in [4.69, 9.17) is 5.73 Å². The number of amides is 4. The van der Waals surface area contributed by atoms with Crippen LogP contribution in [0.5, 0.6) is 0 Å². The van der Waals surface area contributed by atoms with Gasteiger partial charge < -0.3 is 26.4 Å². The van der Waals surface area contributed by atoms with Crippen molar-refractivity contribution in [2.45, 2.75) is 38.6 Å². The monoisotopic (exact) mass is 376 g/mol. The third kappa shape index (κ3) is 5.96.